The van der Waals surface area contributed by atoms with Crippen molar-refractivity contribution in [1.82, 2.24) is 9.97 Å². The Morgan fingerprint density at radius 2 is 1.91 bits per heavy atom. The molecule has 2 aromatic heterocycles. The lowest BCUT2D eigenvalue weighted by molar-refractivity contribution is 0.0914. The van der Waals surface area contributed by atoms with Crippen LogP contribution in [0.15, 0.2) is 48.8 Å². The van der Waals surface area contributed by atoms with Crippen molar-refractivity contribution in [3.05, 3.63) is 65.6 Å². The second-order valence-electron chi connectivity index (χ2n) is 5.29. The van der Waals surface area contributed by atoms with Gasteiger partial charge in [-0.05, 0) is 42.8 Å². The van der Waals surface area contributed by atoms with Crippen LogP contribution in [-0.2, 0) is 0 Å². The van der Waals surface area contributed by atoms with Gasteiger partial charge < -0.3 is 4.98 Å². The first-order valence-electron chi connectivity index (χ1n) is 7.20. The van der Waals surface area contributed by atoms with Crippen molar-refractivity contribution in [2.24, 2.45) is 0 Å². The van der Waals surface area contributed by atoms with Crippen LogP contribution < -0.4 is 0 Å². The van der Waals surface area contributed by atoms with Crippen molar-refractivity contribution < 1.29 is 9.59 Å². The minimum atomic E-state index is -0.0887. The molecule has 0 saturated carbocycles. The van der Waals surface area contributed by atoms with Crippen molar-refractivity contribution >= 4 is 22.5 Å². The molecule has 0 radical (unpaired) electrons. The van der Waals surface area contributed by atoms with Crippen molar-refractivity contribution in [3.63, 3.8) is 0 Å². The summed E-state index contributed by atoms with van der Waals surface area (Å²) in [6, 6.07) is 11.1. The van der Waals surface area contributed by atoms with Gasteiger partial charge in [-0.3, -0.25) is 14.6 Å². The number of aromatic amines is 1. The second kappa shape index (κ2) is 5.93. The van der Waals surface area contributed by atoms with E-state index < -0.39 is 0 Å². The largest absolute Gasteiger partial charge is 0.361 e. The number of H-pyrrole nitrogens is 1. The van der Waals surface area contributed by atoms with Gasteiger partial charge >= 0.3 is 0 Å². The number of rotatable bonds is 5. The zero-order chi connectivity index (χ0) is 15.5. The Morgan fingerprint density at radius 1 is 1.09 bits per heavy atom. The topological polar surface area (TPSA) is 62.8 Å². The molecule has 0 atom stereocenters. The summed E-state index contributed by atoms with van der Waals surface area (Å²) in [5, 5.41) is 0.998. The average molecular weight is 292 g/mol. The molecule has 0 unspecified atom stereocenters. The van der Waals surface area contributed by atoms with E-state index in [4.69, 9.17) is 0 Å². The van der Waals surface area contributed by atoms with Crippen LogP contribution in [-0.4, -0.2) is 21.5 Å². The molecule has 0 aliphatic carbocycles. The molecule has 110 valence electrons. The first kappa shape index (κ1) is 14.2. The average Bonchev–Trinajstić information content (AvgIpc) is 3.00. The first-order chi connectivity index (χ1) is 10.6. The predicted molar refractivity (Wildman–Crippen MR) is 85.2 cm³/mol. The molecular formula is C18H16N2O2. The molecule has 4 heteroatoms. The molecular weight excluding hydrogens is 276 g/mol. The molecule has 4 nitrogen and oxygen atoms in total. The fourth-order valence-electron chi connectivity index (χ4n) is 2.49. The molecule has 0 saturated heterocycles. The summed E-state index contributed by atoms with van der Waals surface area (Å²) in [6.45, 7) is 1.85. The number of aromatic nitrogens is 2. The van der Waals surface area contributed by atoms with Gasteiger partial charge in [0.25, 0.3) is 0 Å². The third-order valence-electron chi connectivity index (χ3n) is 3.73. The van der Waals surface area contributed by atoms with Crippen LogP contribution in [0.4, 0.5) is 0 Å². The minimum absolute atomic E-state index is 0.0231. The van der Waals surface area contributed by atoms with E-state index in [0.717, 1.165) is 16.5 Å². The summed E-state index contributed by atoms with van der Waals surface area (Å²) in [7, 11) is 0. The number of benzene rings is 1. The minimum Gasteiger partial charge on any atom is -0.361 e. The maximum absolute atomic E-state index is 12.2. The van der Waals surface area contributed by atoms with E-state index in [0.29, 0.717) is 11.3 Å². The number of fused-ring (bicyclic) bond motifs is 1. The summed E-state index contributed by atoms with van der Waals surface area (Å²) in [5.74, 6) is -0.112. The monoisotopic (exact) mass is 292 g/mol. The first-order valence-corrected chi connectivity index (χ1v) is 7.20. The van der Waals surface area contributed by atoms with Gasteiger partial charge in [-0.2, -0.15) is 0 Å². The standard InChI is InChI=1S/C18H16N2O2/c1-12-3-2-9-20-18(12)17(22)7-6-16(21)14-4-5-15-13(11-14)8-10-19-15/h2-5,8-11,19H,6-7H2,1H3. The van der Waals surface area contributed by atoms with Gasteiger partial charge in [-0.1, -0.05) is 6.07 Å². The Hall–Kier alpha value is -2.75. The van der Waals surface area contributed by atoms with Crippen molar-refractivity contribution in [3.8, 4) is 0 Å². The van der Waals surface area contributed by atoms with Gasteiger partial charge in [0.2, 0.25) is 0 Å². The Labute approximate surface area is 128 Å². The molecule has 0 aliphatic heterocycles. The number of nitrogens with zero attached hydrogens (tertiary/aromatic N) is 1. The highest BCUT2D eigenvalue weighted by atomic mass is 16.1. The molecule has 0 amide bonds. The maximum atomic E-state index is 12.2. The van der Waals surface area contributed by atoms with Gasteiger partial charge in [0.05, 0.1) is 0 Å². The quantitative estimate of drug-likeness (QED) is 0.729. The van der Waals surface area contributed by atoms with E-state index in [1.807, 2.05) is 37.4 Å². The van der Waals surface area contributed by atoms with E-state index in [2.05, 4.69) is 9.97 Å². The van der Waals surface area contributed by atoms with Gasteiger partial charge in [0, 0.05) is 41.7 Å². The number of carbonyl (C=O) groups is 2. The summed E-state index contributed by atoms with van der Waals surface area (Å²) in [6.07, 6.45) is 3.82. The molecule has 0 spiro atoms. The number of nitrogens with one attached hydrogen (secondary N) is 1. The number of Topliss-reactive ketones (excluding diaryl/α,β-unsaturated/α-hetero) is 2. The lowest BCUT2D eigenvalue weighted by atomic mass is 10.0. The third kappa shape index (κ3) is 2.81. The van der Waals surface area contributed by atoms with E-state index in [9.17, 15) is 9.59 Å². The van der Waals surface area contributed by atoms with Crippen LogP contribution in [0.5, 0.6) is 0 Å². The zero-order valence-corrected chi connectivity index (χ0v) is 12.3. The van der Waals surface area contributed by atoms with Crippen LogP contribution in [0.25, 0.3) is 10.9 Å². The number of pyridine rings is 1. The summed E-state index contributed by atoms with van der Waals surface area (Å²) in [4.78, 5) is 31.6. The summed E-state index contributed by atoms with van der Waals surface area (Å²) in [5.41, 5.74) is 2.93. The second-order valence-corrected chi connectivity index (χ2v) is 5.29. The lowest BCUT2D eigenvalue weighted by Crippen LogP contribution is -2.08. The van der Waals surface area contributed by atoms with Gasteiger partial charge in [0.15, 0.2) is 11.6 Å². The van der Waals surface area contributed by atoms with Gasteiger partial charge in [-0.15, -0.1) is 0 Å². The van der Waals surface area contributed by atoms with E-state index in [1.54, 1.807) is 18.3 Å². The fraction of sp³-hybridized carbons (Fsp3) is 0.167. The smallest absolute Gasteiger partial charge is 0.181 e. The highest BCUT2D eigenvalue weighted by Gasteiger charge is 2.14. The van der Waals surface area contributed by atoms with Gasteiger partial charge in [0.1, 0.15) is 5.69 Å². The van der Waals surface area contributed by atoms with Crippen LogP contribution >= 0.6 is 0 Å². The highest BCUT2D eigenvalue weighted by molar-refractivity contribution is 6.03. The molecule has 3 aromatic rings. The third-order valence-corrected chi connectivity index (χ3v) is 3.73. The Bertz CT molecular complexity index is 849. The maximum Gasteiger partial charge on any atom is 0.181 e. The molecule has 0 fully saturated rings. The summed E-state index contributed by atoms with van der Waals surface area (Å²) < 4.78 is 0. The van der Waals surface area contributed by atoms with Crippen molar-refractivity contribution in [2.45, 2.75) is 19.8 Å². The zero-order valence-electron chi connectivity index (χ0n) is 12.3. The van der Waals surface area contributed by atoms with Crippen molar-refractivity contribution in [1.29, 1.82) is 0 Å². The molecule has 22 heavy (non-hydrogen) atoms. The van der Waals surface area contributed by atoms with E-state index >= 15 is 0 Å². The number of carbonyl (C=O) groups excluding carboxylic acids is 2. The molecule has 0 bridgehead atoms. The molecule has 3 rings (SSSR count). The Morgan fingerprint density at radius 3 is 2.73 bits per heavy atom. The van der Waals surface area contributed by atoms with Gasteiger partial charge in [-0.25, -0.2) is 0 Å². The van der Waals surface area contributed by atoms with Crippen molar-refractivity contribution in [2.75, 3.05) is 0 Å². The molecule has 0 aliphatic rings. The van der Waals surface area contributed by atoms with Crippen LogP contribution in [0.2, 0.25) is 0 Å². The lowest BCUT2D eigenvalue weighted by Gasteiger charge is -2.04. The van der Waals surface area contributed by atoms with Crippen LogP contribution in [0.1, 0.15) is 39.3 Å². The number of hydrogen-bond donors (Lipinski definition) is 1. The Balaban J connectivity index is 1.69. The highest BCUT2D eigenvalue weighted by Crippen LogP contribution is 2.17. The fourth-order valence-corrected chi connectivity index (χ4v) is 2.49. The number of ketones is 2. The summed E-state index contributed by atoms with van der Waals surface area (Å²) >= 11 is 0. The number of aryl methyl sites for hydroxylation is 1. The van der Waals surface area contributed by atoms with Crippen LogP contribution in [0.3, 0.4) is 0 Å². The predicted octanol–water partition coefficient (Wildman–Crippen LogP) is 3.72. The van der Waals surface area contributed by atoms with E-state index in [-0.39, 0.29) is 24.4 Å². The van der Waals surface area contributed by atoms with Crippen LogP contribution in [0, 0.1) is 6.92 Å². The molecule has 2 heterocycles. The number of hydrogen-bond acceptors (Lipinski definition) is 3. The Kier molecular flexibility index (Phi) is 3.83. The SMILES string of the molecule is Cc1cccnc1C(=O)CCC(=O)c1ccc2[nH]ccc2c1. The molecule has 1 aromatic carbocycles. The molecule has 1 N–H and O–H groups in total. The van der Waals surface area contributed by atoms with E-state index in [1.165, 1.54) is 0 Å². The normalized spacial score (nSPS) is 10.8.